The predicted molar refractivity (Wildman–Crippen MR) is 299 cm³/mol. The molecule has 9 rings (SSSR count). The fourth-order valence-corrected chi connectivity index (χ4v) is 15.9. The summed E-state index contributed by atoms with van der Waals surface area (Å²) in [7, 11) is 2.64. The van der Waals surface area contributed by atoms with Crippen molar-refractivity contribution in [2.45, 2.75) is 236 Å². The van der Waals surface area contributed by atoms with Crippen LogP contribution >= 0.6 is 0 Å². The molecule has 2 bridgehead atoms. The zero-order valence-corrected chi connectivity index (χ0v) is 50.8. The van der Waals surface area contributed by atoms with Crippen molar-refractivity contribution in [3.05, 3.63) is 69.0 Å². The second kappa shape index (κ2) is 25.3. The number of carbonyl (C=O) groups is 3. The number of amides is 1. The van der Waals surface area contributed by atoms with Crippen LogP contribution in [0.4, 0.5) is 4.79 Å². The van der Waals surface area contributed by atoms with Gasteiger partial charge in [-0.1, -0.05) is 58.6 Å². The SMILES string of the molecule is C=C1C(O)C[C@H](O[C@H]2C[C@](C)([N+](=O)[O-])[C@@H](NC(=O)OC)[C@@H](C)O2)/C(C)=C/[C@@H]2C=C(CO)[C@H](C)C[C@]23OC(=O)C(=C(O)[C@@]2(C)[C@H]4[C@H](C=C[C@@H]12)[C@@H](O[C@H]1C[C@@H](O[C@H]2C[C@@H](O)[C@@H](O[C@@H]5C[C@@H](O)[C@@H](OC)[C@H](C)O5)[C@H](C)O2)[C@@H](O)[C@H](C)O1)[C@@H](C)C[C@@H]4C)C3=O. The summed E-state index contributed by atoms with van der Waals surface area (Å²) < 4.78 is 67.7. The lowest BCUT2D eigenvalue weighted by atomic mass is 9.49. The van der Waals surface area contributed by atoms with Crippen LogP contribution in [0, 0.1) is 57.0 Å². The average molecular weight is 1200 g/mol. The molecule has 9 aliphatic rings. The molecule has 5 aliphatic heterocycles. The number of nitro groups is 1. The van der Waals surface area contributed by atoms with Gasteiger partial charge in [-0.05, 0) is 81.4 Å². The van der Waals surface area contributed by atoms with Gasteiger partial charge >= 0.3 is 12.1 Å². The summed E-state index contributed by atoms with van der Waals surface area (Å²) in [4.78, 5) is 55.1. The van der Waals surface area contributed by atoms with Gasteiger partial charge in [-0.3, -0.25) is 14.9 Å². The van der Waals surface area contributed by atoms with Crippen LogP contribution in [-0.2, 0) is 61.7 Å². The number of esters is 1. The molecule has 1 spiro atoms. The number of rotatable bonds is 12. The number of hydrogen-bond donors (Lipinski definition) is 7. The lowest BCUT2D eigenvalue weighted by Gasteiger charge is -2.57. The third kappa shape index (κ3) is 12.1. The Morgan fingerprint density at radius 3 is 2.01 bits per heavy atom. The average Bonchev–Trinajstić information content (AvgIpc) is 2.94. The first-order chi connectivity index (χ1) is 40.0. The molecule has 476 valence electrons. The van der Waals surface area contributed by atoms with Crippen LogP contribution in [0.3, 0.4) is 0 Å². The second-order valence-electron chi connectivity index (χ2n) is 26.1. The summed E-state index contributed by atoms with van der Waals surface area (Å²) in [5, 5.41) is 85.5. The van der Waals surface area contributed by atoms with Crippen molar-refractivity contribution < 1.29 is 102 Å². The summed E-state index contributed by atoms with van der Waals surface area (Å²) >= 11 is 0. The van der Waals surface area contributed by atoms with Crippen molar-refractivity contribution in [3.63, 3.8) is 0 Å². The number of fused-ring (bicyclic) bond motifs is 4. The topological polar surface area (TPSA) is 329 Å². The highest BCUT2D eigenvalue weighted by Gasteiger charge is 2.65. The Hall–Kier alpha value is -4.25. The largest absolute Gasteiger partial charge is 0.511 e. The predicted octanol–water partition coefficient (Wildman–Crippen LogP) is 4.54. The summed E-state index contributed by atoms with van der Waals surface area (Å²) in [5.74, 6) is -6.26. The van der Waals surface area contributed by atoms with Crippen LogP contribution in [0.1, 0.15) is 114 Å². The van der Waals surface area contributed by atoms with Crippen molar-refractivity contribution in [2.75, 3.05) is 20.8 Å². The number of ketones is 1. The summed E-state index contributed by atoms with van der Waals surface area (Å²) in [5.41, 5.74) is -4.61. The summed E-state index contributed by atoms with van der Waals surface area (Å²) in [6, 6.07) is -1.14. The Bertz CT molecular complexity index is 2620. The lowest BCUT2D eigenvalue weighted by molar-refractivity contribution is -0.584. The van der Waals surface area contributed by atoms with Crippen LogP contribution in [0.15, 0.2) is 58.9 Å². The van der Waals surface area contributed by atoms with E-state index in [0.29, 0.717) is 17.6 Å². The summed E-state index contributed by atoms with van der Waals surface area (Å²) in [6.07, 6.45) is -8.98. The van der Waals surface area contributed by atoms with Crippen LogP contribution < -0.4 is 5.32 Å². The van der Waals surface area contributed by atoms with Crippen molar-refractivity contribution in [2.24, 2.45) is 46.8 Å². The van der Waals surface area contributed by atoms with E-state index in [-0.39, 0.29) is 62.5 Å². The van der Waals surface area contributed by atoms with Gasteiger partial charge in [0.2, 0.25) is 11.3 Å². The number of aliphatic hydroxyl groups is 6. The minimum absolute atomic E-state index is 0.00785. The van der Waals surface area contributed by atoms with Crippen molar-refractivity contribution in [1.29, 1.82) is 0 Å². The van der Waals surface area contributed by atoms with Gasteiger partial charge in [0.1, 0.15) is 35.7 Å². The van der Waals surface area contributed by atoms with E-state index in [9.17, 15) is 50.3 Å². The fraction of sp³-hybridized carbons (Fsp3) is 0.787. The van der Waals surface area contributed by atoms with Crippen molar-refractivity contribution >= 4 is 17.8 Å². The van der Waals surface area contributed by atoms with Gasteiger partial charge in [-0.25, -0.2) is 9.59 Å². The molecule has 5 saturated heterocycles. The second-order valence-corrected chi connectivity index (χ2v) is 26.1. The number of carbonyl (C=O) groups excluding carboxylic acids is 3. The number of allylic oxidation sites excluding steroid dienone is 2. The standard InChI is InChI=1S/C61H90N2O22/c1-26-17-36-18-35(25-64)29(4)23-61(36)56(70)48(57(71)85-61)55(69)60(11)38(30(5)39(65)19-42(26)81-47-24-59(10,63(73)74)54(34(9)80-47)62-58(72)76-13)15-14-37-49(60)27(2)16-28(3)51(37)83-46-22-43(50(68)31(6)77-46)82-44-21-41(67)53(33(8)79-44)84-45-20-40(66)52(75-12)32(7)78-45/h14-15,17-18,27-29,31-34,36-47,49-54,64-69H,5,16,19-25H2,1-4,6-13H3,(H,62,72)/b26-17+,55-48?/t27-,28-,29+,31-,32-,33-,34+,36+,37-,38-,39?,40+,41+,42-,43+,44-,45+,46-,47-,49+,50-,51-,52-,53-,54-,59-,60+,61-/m0/s1. The number of aliphatic hydroxyl groups excluding tert-OH is 6. The van der Waals surface area contributed by atoms with Crippen LogP contribution in [-0.4, -0.2) is 196 Å². The van der Waals surface area contributed by atoms with E-state index >= 15 is 4.79 Å². The molecule has 28 atom stereocenters. The van der Waals surface area contributed by atoms with Gasteiger partial charge in [0.15, 0.2) is 30.8 Å². The molecule has 0 radical (unpaired) electrons. The smallest absolute Gasteiger partial charge is 0.407 e. The van der Waals surface area contributed by atoms with E-state index < -0.39 is 191 Å². The van der Waals surface area contributed by atoms with E-state index in [1.165, 1.54) is 14.0 Å². The quantitative estimate of drug-likeness (QED) is 0.0463. The Kier molecular flexibility index (Phi) is 19.4. The highest BCUT2D eigenvalue weighted by molar-refractivity contribution is 6.26. The molecule has 6 fully saturated rings. The van der Waals surface area contributed by atoms with Gasteiger partial charge in [-0.15, -0.1) is 0 Å². The Labute approximate surface area is 496 Å². The molecule has 0 aromatic heterocycles. The molecule has 85 heavy (non-hydrogen) atoms. The first-order valence-electron chi connectivity index (χ1n) is 30.1. The van der Waals surface area contributed by atoms with Crippen molar-refractivity contribution in [3.8, 4) is 0 Å². The van der Waals surface area contributed by atoms with E-state index in [1.807, 2.05) is 26.0 Å². The van der Waals surface area contributed by atoms with Crippen molar-refractivity contribution in [1.82, 2.24) is 5.32 Å². The zero-order valence-electron chi connectivity index (χ0n) is 50.8. The Morgan fingerprint density at radius 2 is 1.39 bits per heavy atom. The number of ether oxygens (including phenoxy) is 11. The van der Waals surface area contributed by atoms with Gasteiger partial charge in [-0.2, -0.15) is 0 Å². The molecular weight excluding hydrogens is 1110 g/mol. The van der Waals surface area contributed by atoms with E-state index in [1.54, 1.807) is 60.6 Å². The normalized spacial score (nSPS) is 48.4. The molecule has 1 saturated carbocycles. The molecule has 7 N–H and O–H groups in total. The third-order valence-electron chi connectivity index (χ3n) is 20.4. The zero-order chi connectivity index (χ0) is 62.1. The monoisotopic (exact) mass is 1200 g/mol. The first-order valence-corrected chi connectivity index (χ1v) is 30.1. The molecular formula is C61H90N2O22. The van der Waals surface area contributed by atoms with Gasteiger partial charge in [0.25, 0.3) is 0 Å². The number of hydrogen-bond acceptors (Lipinski definition) is 22. The van der Waals surface area contributed by atoms with E-state index in [0.717, 1.165) is 7.11 Å². The van der Waals surface area contributed by atoms with Gasteiger partial charge < -0.3 is 88.1 Å². The lowest BCUT2D eigenvalue weighted by Crippen LogP contribution is -2.65. The number of alkyl carbamates (subject to hydrolysis) is 1. The third-order valence-corrected chi connectivity index (χ3v) is 20.4. The maximum Gasteiger partial charge on any atom is 0.407 e. The highest BCUT2D eigenvalue weighted by Crippen LogP contribution is 2.61. The summed E-state index contributed by atoms with van der Waals surface area (Å²) in [6.45, 7) is 21.6. The minimum atomic E-state index is -1.90. The molecule has 24 nitrogen and oxygen atoms in total. The number of nitrogens with zero attached hydrogens (tertiary/aromatic N) is 1. The Balaban J connectivity index is 1.01. The van der Waals surface area contributed by atoms with Crippen LogP contribution in [0.2, 0.25) is 0 Å². The maximum absolute atomic E-state index is 15.6. The number of methoxy groups -OCH3 is 2. The molecule has 1 amide bonds. The number of nitrogens with one attached hydrogen (secondary N) is 1. The highest BCUT2D eigenvalue weighted by atomic mass is 16.7. The Morgan fingerprint density at radius 1 is 0.776 bits per heavy atom. The fourth-order valence-electron chi connectivity index (χ4n) is 15.9. The molecule has 0 aromatic carbocycles. The van der Waals surface area contributed by atoms with Gasteiger partial charge in [0, 0.05) is 74.2 Å². The molecule has 5 heterocycles. The van der Waals surface area contributed by atoms with E-state index in [2.05, 4.69) is 11.9 Å². The molecule has 24 heteroatoms. The maximum atomic E-state index is 15.6. The van der Waals surface area contributed by atoms with Crippen LogP contribution in [0.25, 0.3) is 0 Å². The molecule has 1 unspecified atom stereocenters. The molecule has 0 aromatic rings. The first kappa shape index (κ1) is 65.2. The molecule has 4 aliphatic carbocycles. The van der Waals surface area contributed by atoms with Gasteiger partial charge in [0.05, 0.1) is 81.2 Å². The number of Topliss-reactive ketones (excluding diaryl/α,β-unsaturated/α-hetero) is 1. The van der Waals surface area contributed by atoms with E-state index in [4.69, 9.17) is 52.1 Å². The minimum Gasteiger partial charge on any atom is -0.511 e. The van der Waals surface area contributed by atoms with Crippen LogP contribution in [0.5, 0.6) is 0 Å².